The second kappa shape index (κ2) is 8.43. The predicted octanol–water partition coefficient (Wildman–Crippen LogP) is 4.84. The molecule has 0 aliphatic rings. The van der Waals surface area contributed by atoms with Crippen molar-refractivity contribution in [1.29, 1.82) is 0 Å². The molecule has 0 aliphatic heterocycles. The van der Waals surface area contributed by atoms with Crippen molar-refractivity contribution in [2.24, 2.45) is 0 Å². The molecule has 2 nitrogen and oxygen atoms in total. The summed E-state index contributed by atoms with van der Waals surface area (Å²) in [5, 5.41) is 3.51. The third-order valence-electron chi connectivity index (χ3n) is 3.97. The first-order chi connectivity index (χ1) is 9.84. The lowest BCUT2D eigenvalue weighted by molar-refractivity contribution is 0.302. The lowest BCUT2D eigenvalue weighted by Crippen LogP contribution is -2.26. The number of unbranched alkanes of at least 4 members (excludes halogenated alkanes) is 1. The minimum atomic E-state index is 0.199. The van der Waals surface area contributed by atoms with E-state index in [0.29, 0.717) is 6.04 Å². The smallest absolute Gasteiger partial charge is 0.122 e. The van der Waals surface area contributed by atoms with E-state index in [-0.39, 0.29) is 5.41 Å². The Kier molecular flexibility index (Phi) is 7.24. The normalized spacial score (nSPS) is 13.2. The fourth-order valence-electron chi connectivity index (χ4n) is 2.18. The largest absolute Gasteiger partial charge is 0.493 e. The summed E-state index contributed by atoms with van der Waals surface area (Å²) in [7, 11) is 0. The van der Waals surface area contributed by atoms with Gasteiger partial charge in [0.2, 0.25) is 0 Å². The Bertz CT molecular complexity index is 420. The van der Waals surface area contributed by atoms with Crippen LogP contribution in [-0.4, -0.2) is 19.2 Å². The van der Waals surface area contributed by atoms with Gasteiger partial charge in [-0.15, -0.1) is 0 Å². The fourth-order valence-corrected chi connectivity index (χ4v) is 2.18. The van der Waals surface area contributed by atoms with Crippen molar-refractivity contribution in [2.75, 3.05) is 13.2 Å². The average molecular weight is 291 g/mol. The molecule has 1 rings (SSSR count). The molecule has 0 saturated heterocycles. The standard InChI is InChI=1S/C19H33NO/c1-7-16(3)20-12-8-9-13-21-18-11-10-17(14-15(18)2)19(4,5)6/h10-11,14,16,20H,7-9,12-13H2,1-6H3/t16-/m1/s1. The average Bonchev–Trinajstić information content (AvgIpc) is 2.42. The third kappa shape index (κ3) is 6.52. The van der Waals surface area contributed by atoms with E-state index in [0.717, 1.165) is 25.3 Å². The van der Waals surface area contributed by atoms with Crippen LogP contribution in [-0.2, 0) is 5.41 Å². The van der Waals surface area contributed by atoms with Crippen molar-refractivity contribution in [3.63, 3.8) is 0 Å². The molecule has 2 heteroatoms. The van der Waals surface area contributed by atoms with E-state index in [1.807, 2.05) is 0 Å². The lowest BCUT2D eigenvalue weighted by Gasteiger charge is -2.20. The highest BCUT2D eigenvalue weighted by Gasteiger charge is 2.14. The molecule has 1 aromatic carbocycles. The van der Waals surface area contributed by atoms with E-state index in [1.165, 1.54) is 24.0 Å². The molecular weight excluding hydrogens is 258 g/mol. The molecule has 1 N–H and O–H groups in total. The van der Waals surface area contributed by atoms with Gasteiger partial charge >= 0.3 is 0 Å². The summed E-state index contributed by atoms with van der Waals surface area (Å²) < 4.78 is 5.91. The fraction of sp³-hybridized carbons (Fsp3) is 0.684. The Morgan fingerprint density at radius 1 is 1.19 bits per heavy atom. The van der Waals surface area contributed by atoms with Crippen molar-refractivity contribution >= 4 is 0 Å². The first-order valence-corrected chi connectivity index (χ1v) is 8.32. The van der Waals surface area contributed by atoms with E-state index >= 15 is 0 Å². The molecule has 0 aliphatic carbocycles. The van der Waals surface area contributed by atoms with Gasteiger partial charge in [-0.25, -0.2) is 0 Å². The third-order valence-corrected chi connectivity index (χ3v) is 3.97. The van der Waals surface area contributed by atoms with Crippen LogP contribution in [0.5, 0.6) is 5.75 Å². The molecule has 0 saturated carbocycles. The van der Waals surface area contributed by atoms with E-state index in [9.17, 15) is 0 Å². The quantitative estimate of drug-likeness (QED) is 0.692. The van der Waals surface area contributed by atoms with Crippen molar-refractivity contribution in [1.82, 2.24) is 5.32 Å². The van der Waals surface area contributed by atoms with Crippen molar-refractivity contribution in [2.45, 2.75) is 72.3 Å². The second-order valence-electron chi connectivity index (χ2n) is 7.05. The van der Waals surface area contributed by atoms with E-state index in [1.54, 1.807) is 0 Å². The van der Waals surface area contributed by atoms with Crippen LogP contribution < -0.4 is 10.1 Å². The lowest BCUT2D eigenvalue weighted by atomic mass is 9.86. The molecule has 1 atom stereocenters. The highest BCUT2D eigenvalue weighted by atomic mass is 16.5. The summed E-state index contributed by atoms with van der Waals surface area (Å²) in [6.45, 7) is 15.2. The van der Waals surface area contributed by atoms with Gasteiger partial charge in [-0.05, 0) is 62.3 Å². The van der Waals surface area contributed by atoms with Crippen LogP contribution in [0, 0.1) is 6.92 Å². The maximum atomic E-state index is 5.91. The maximum absolute atomic E-state index is 5.91. The summed E-state index contributed by atoms with van der Waals surface area (Å²) in [6, 6.07) is 7.18. The molecule has 0 bridgehead atoms. The second-order valence-corrected chi connectivity index (χ2v) is 7.05. The summed E-state index contributed by atoms with van der Waals surface area (Å²) >= 11 is 0. The van der Waals surface area contributed by atoms with Crippen LogP contribution in [0.1, 0.15) is 65.0 Å². The molecule has 1 aromatic rings. The Morgan fingerprint density at radius 2 is 1.90 bits per heavy atom. The molecule has 0 aromatic heterocycles. The molecular formula is C19H33NO. The Hall–Kier alpha value is -1.02. The van der Waals surface area contributed by atoms with Gasteiger partial charge in [-0.3, -0.25) is 0 Å². The number of rotatable bonds is 8. The van der Waals surface area contributed by atoms with Gasteiger partial charge in [-0.2, -0.15) is 0 Å². The summed E-state index contributed by atoms with van der Waals surface area (Å²) in [5.74, 6) is 1.03. The number of hydrogen-bond donors (Lipinski definition) is 1. The van der Waals surface area contributed by atoms with Gasteiger partial charge in [-0.1, -0.05) is 39.8 Å². The molecule has 21 heavy (non-hydrogen) atoms. The summed E-state index contributed by atoms with van der Waals surface area (Å²) in [6.07, 6.45) is 3.46. The van der Waals surface area contributed by atoms with Crippen LogP contribution in [0.3, 0.4) is 0 Å². The van der Waals surface area contributed by atoms with Crippen LogP contribution in [0.4, 0.5) is 0 Å². The van der Waals surface area contributed by atoms with Gasteiger partial charge in [0.15, 0.2) is 0 Å². The van der Waals surface area contributed by atoms with Crippen LogP contribution in [0.15, 0.2) is 18.2 Å². The number of hydrogen-bond acceptors (Lipinski definition) is 2. The van der Waals surface area contributed by atoms with Crippen molar-refractivity contribution in [3.8, 4) is 5.75 Å². The van der Waals surface area contributed by atoms with Crippen molar-refractivity contribution in [3.05, 3.63) is 29.3 Å². The SMILES string of the molecule is CC[C@@H](C)NCCCCOc1ccc(C(C)(C)C)cc1C. The minimum Gasteiger partial charge on any atom is -0.493 e. The van der Waals surface area contributed by atoms with E-state index in [4.69, 9.17) is 4.74 Å². The molecule has 0 fully saturated rings. The Labute approximate surface area is 131 Å². The summed E-state index contributed by atoms with van der Waals surface area (Å²) in [5.41, 5.74) is 2.80. The Morgan fingerprint density at radius 3 is 2.48 bits per heavy atom. The number of nitrogens with one attached hydrogen (secondary N) is 1. The first kappa shape index (κ1) is 18.0. The van der Waals surface area contributed by atoms with Crippen LogP contribution >= 0.6 is 0 Å². The number of aryl methyl sites for hydroxylation is 1. The topological polar surface area (TPSA) is 21.3 Å². The predicted molar refractivity (Wildman–Crippen MR) is 92.4 cm³/mol. The Balaban J connectivity index is 2.33. The van der Waals surface area contributed by atoms with Gasteiger partial charge in [0.25, 0.3) is 0 Å². The van der Waals surface area contributed by atoms with Crippen molar-refractivity contribution < 1.29 is 4.74 Å². The highest BCUT2D eigenvalue weighted by Crippen LogP contribution is 2.27. The van der Waals surface area contributed by atoms with Crippen LogP contribution in [0.25, 0.3) is 0 Å². The number of ether oxygens (including phenoxy) is 1. The maximum Gasteiger partial charge on any atom is 0.122 e. The van der Waals surface area contributed by atoms with Gasteiger partial charge in [0.1, 0.15) is 5.75 Å². The monoisotopic (exact) mass is 291 g/mol. The van der Waals surface area contributed by atoms with E-state index < -0.39 is 0 Å². The minimum absolute atomic E-state index is 0.199. The highest BCUT2D eigenvalue weighted by molar-refractivity contribution is 5.38. The molecule has 0 amide bonds. The van der Waals surface area contributed by atoms with E-state index in [2.05, 4.69) is 65.1 Å². The van der Waals surface area contributed by atoms with Gasteiger partial charge in [0, 0.05) is 6.04 Å². The van der Waals surface area contributed by atoms with Crippen LogP contribution in [0.2, 0.25) is 0 Å². The molecule has 120 valence electrons. The molecule has 0 heterocycles. The van der Waals surface area contributed by atoms with Gasteiger partial charge in [0.05, 0.1) is 6.61 Å². The molecule has 0 unspecified atom stereocenters. The zero-order valence-electron chi connectivity index (χ0n) is 14.8. The molecule has 0 radical (unpaired) electrons. The first-order valence-electron chi connectivity index (χ1n) is 8.32. The van der Waals surface area contributed by atoms with Gasteiger partial charge < -0.3 is 10.1 Å². The number of benzene rings is 1. The molecule has 0 spiro atoms. The zero-order chi connectivity index (χ0) is 15.9. The zero-order valence-corrected chi connectivity index (χ0v) is 14.8. The summed E-state index contributed by atoms with van der Waals surface area (Å²) in [4.78, 5) is 0.